The molecule has 17 heavy (non-hydrogen) atoms. The van der Waals surface area contributed by atoms with E-state index in [1.54, 1.807) is 0 Å². The third-order valence-corrected chi connectivity index (χ3v) is 2.93. The van der Waals surface area contributed by atoms with E-state index >= 15 is 0 Å². The maximum atomic E-state index is 5.86. The molecule has 0 amide bonds. The summed E-state index contributed by atoms with van der Waals surface area (Å²) < 4.78 is 10.6. The highest BCUT2D eigenvalue weighted by atomic mass is 16.5. The van der Waals surface area contributed by atoms with Crippen molar-refractivity contribution in [1.82, 2.24) is 10.1 Å². The zero-order valence-electron chi connectivity index (χ0n) is 9.30. The zero-order valence-corrected chi connectivity index (χ0v) is 9.30. The Bertz CT molecular complexity index is 518. The SMILES string of the molecule is Nc1ccccc1-c1nc(C2CCOC2)no1. The van der Waals surface area contributed by atoms with Gasteiger partial charge in [0.1, 0.15) is 0 Å². The summed E-state index contributed by atoms with van der Waals surface area (Å²) in [5, 5.41) is 3.99. The second-order valence-corrected chi connectivity index (χ2v) is 4.11. The van der Waals surface area contributed by atoms with E-state index in [1.165, 1.54) is 0 Å². The Labute approximate surface area is 98.6 Å². The molecular formula is C12H13N3O2. The molecule has 5 nitrogen and oxygen atoms in total. The molecule has 0 radical (unpaired) electrons. The van der Waals surface area contributed by atoms with Gasteiger partial charge >= 0.3 is 0 Å². The first-order chi connectivity index (χ1) is 8.34. The predicted molar refractivity (Wildman–Crippen MR) is 62.3 cm³/mol. The van der Waals surface area contributed by atoms with Crippen LogP contribution in [0.4, 0.5) is 5.69 Å². The number of nitrogens with two attached hydrogens (primary N) is 1. The van der Waals surface area contributed by atoms with Crippen LogP contribution in [0.2, 0.25) is 0 Å². The lowest BCUT2D eigenvalue weighted by atomic mass is 10.1. The highest BCUT2D eigenvalue weighted by Crippen LogP contribution is 2.27. The number of aromatic nitrogens is 2. The second-order valence-electron chi connectivity index (χ2n) is 4.11. The molecule has 1 aromatic carbocycles. The number of nitrogen functional groups attached to an aromatic ring is 1. The van der Waals surface area contributed by atoms with Crippen LogP contribution in [0, 0.1) is 0 Å². The third-order valence-electron chi connectivity index (χ3n) is 2.93. The van der Waals surface area contributed by atoms with Gasteiger partial charge in [-0.3, -0.25) is 0 Å². The first kappa shape index (κ1) is 10.3. The van der Waals surface area contributed by atoms with Gasteiger partial charge in [0.25, 0.3) is 5.89 Å². The molecule has 2 heterocycles. The average Bonchev–Trinajstić information content (AvgIpc) is 3.00. The molecule has 1 aromatic heterocycles. The van der Waals surface area contributed by atoms with E-state index in [0.29, 0.717) is 24.0 Å². The second kappa shape index (κ2) is 4.18. The molecule has 0 bridgehead atoms. The van der Waals surface area contributed by atoms with Crippen LogP contribution in [0.25, 0.3) is 11.5 Å². The Morgan fingerprint density at radius 3 is 2.94 bits per heavy atom. The van der Waals surface area contributed by atoms with Gasteiger partial charge in [0.2, 0.25) is 0 Å². The van der Waals surface area contributed by atoms with Crippen molar-refractivity contribution >= 4 is 5.69 Å². The number of ether oxygens (including phenoxy) is 1. The van der Waals surface area contributed by atoms with Crippen molar-refractivity contribution in [3.63, 3.8) is 0 Å². The molecule has 5 heteroatoms. The molecule has 0 aliphatic carbocycles. The van der Waals surface area contributed by atoms with Crippen LogP contribution >= 0.6 is 0 Å². The Balaban J connectivity index is 1.92. The zero-order chi connectivity index (χ0) is 11.7. The monoisotopic (exact) mass is 231 g/mol. The van der Waals surface area contributed by atoms with Gasteiger partial charge in [-0.15, -0.1) is 0 Å². The van der Waals surface area contributed by atoms with Crippen molar-refractivity contribution in [3.8, 4) is 11.5 Å². The maximum Gasteiger partial charge on any atom is 0.260 e. The summed E-state index contributed by atoms with van der Waals surface area (Å²) in [5.41, 5.74) is 7.29. The lowest BCUT2D eigenvalue weighted by molar-refractivity contribution is 0.192. The fraction of sp³-hybridized carbons (Fsp3) is 0.333. The van der Waals surface area contributed by atoms with E-state index in [1.807, 2.05) is 24.3 Å². The van der Waals surface area contributed by atoms with Crippen LogP contribution in [-0.2, 0) is 4.74 Å². The van der Waals surface area contributed by atoms with Gasteiger partial charge in [-0.05, 0) is 18.6 Å². The fourth-order valence-electron chi connectivity index (χ4n) is 1.94. The molecule has 1 aliphatic heterocycles. The van der Waals surface area contributed by atoms with Gasteiger partial charge < -0.3 is 15.0 Å². The molecule has 1 aliphatic rings. The van der Waals surface area contributed by atoms with E-state index in [0.717, 1.165) is 18.6 Å². The fourth-order valence-corrected chi connectivity index (χ4v) is 1.94. The molecule has 0 spiro atoms. The minimum atomic E-state index is 0.248. The standard InChI is InChI=1S/C12H13N3O2/c13-10-4-2-1-3-9(10)12-14-11(15-17-12)8-5-6-16-7-8/h1-4,8H,5-7,13H2. The topological polar surface area (TPSA) is 74.2 Å². The van der Waals surface area contributed by atoms with Crippen LogP contribution in [0.1, 0.15) is 18.2 Å². The molecule has 0 saturated carbocycles. The van der Waals surface area contributed by atoms with Crippen LogP contribution < -0.4 is 5.73 Å². The van der Waals surface area contributed by atoms with E-state index in [4.69, 9.17) is 15.0 Å². The van der Waals surface area contributed by atoms with Crippen molar-refractivity contribution in [2.24, 2.45) is 0 Å². The summed E-state index contributed by atoms with van der Waals surface area (Å²) in [4.78, 5) is 4.39. The predicted octanol–water partition coefficient (Wildman–Crippen LogP) is 1.82. The van der Waals surface area contributed by atoms with Gasteiger partial charge in [-0.2, -0.15) is 4.98 Å². The molecule has 1 atom stereocenters. The van der Waals surface area contributed by atoms with Gasteiger partial charge in [-0.25, -0.2) is 0 Å². The molecule has 2 N–H and O–H groups in total. The average molecular weight is 231 g/mol. The normalized spacial score (nSPS) is 19.6. The number of rotatable bonds is 2. The third kappa shape index (κ3) is 1.89. The van der Waals surface area contributed by atoms with Crippen LogP contribution in [0.3, 0.4) is 0 Å². The van der Waals surface area contributed by atoms with Gasteiger partial charge in [-0.1, -0.05) is 17.3 Å². The van der Waals surface area contributed by atoms with Crippen molar-refractivity contribution in [2.75, 3.05) is 18.9 Å². The number of hydrogen-bond acceptors (Lipinski definition) is 5. The summed E-state index contributed by atoms with van der Waals surface area (Å²) in [7, 11) is 0. The summed E-state index contributed by atoms with van der Waals surface area (Å²) in [5.74, 6) is 1.43. The Hall–Kier alpha value is -1.88. The number of benzene rings is 1. The summed E-state index contributed by atoms with van der Waals surface area (Å²) in [6.07, 6.45) is 0.948. The lowest BCUT2D eigenvalue weighted by Crippen LogP contribution is -1.99. The quantitative estimate of drug-likeness (QED) is 0.798. The first-order valence-corrected chi connectivity index (χ1v) is 5.61. The van der Waals surface area contributed by atoms with Gasteiger partial charge in [0.15, 0.2) is 5.82 Å². The van der Waals surface area contributed by atoms with Crippen molar-refractivity contribution < 1.29 is 9.26 Å². The Morgan fingerprint density at radius 1 is 1.29 bits per heavy atom. The Kier molecular flexibility index (Phi) is 2.53. The highest BCUT2D eigenvalue weighted by Gasteiger charge is 2.23. The summed E-state index contributed by atoms with van der Waals surface area (Å²) >= 11 is 0. The van der Waals surface area contributed by atoms with E-state index in [-0.39, 0.29) is 5.92 Å². The van der Waals surface area contributed by atoms with E-state index in [9.17, 15) is 0 Å². The molecule has 1 unspecified atom stereocenters. The largest absolute Gasteiger partial charge is 0.398 e. The molecule has 1 fully saturated rings. The number of anilines is 1. The van der Waals surface area contributed by atoms with Crippen LogP contribution in [0.15, 0.2) is 28.8 Å². The first-order valence-electron chi connectivity index (χ1n) is 5.61. The van der Waals surface area contributed by atoms with E-state index in [2.05, 4.69) is 10.1 Å². The minimum absolute atomic E-state index is 0.248. The van der Waals surface area contributed by atoms with Crippen molar-refractivity contribution in [3.05, 3.63) is 30.1 Å². The van der Waals surface area contributed by atoms with Crippen molar-refractivity contribution in [2.45, 2.75) is 12.3 Å². The minimum Gasteiger partial charge on any atom is -0.398 e. The summed E-state index contributed by atoms with van der Waals surface area (Å²) in [6, 6.07) is 7.46. The number of nitrogens with zero attached hydrogens (tertiary/aromatic N) is 2. The van der Waals surface area contributed by atoms with Gasteiger partial charge in [0, 0.05) is 18.2 Å². The lowest BCUT2D eigenvalue weighted by Gasteiger charge is -1.99. The highest BCUT2D eigenvalue weighted by molar-refractivity contribution is 5.69. The molecule has 1 saturated heterocycles. The van der Waals surface area contributed by atoms with Gasteiger partial charge in [0.05, 0.1) is 12.2 Å². The summed E-state index contributed by atoms with van der Waals surface area (Å²) in [6.45, 7) is 1.44. The molecule has 88 valence electrons. The smallest absolute Gasteiger partial charge is 0.260 e. The van der Waals surface area contributed by atoms with Crippen LogP contribution in [-0.4, -0.2) is 23.4 Å². The number of hydrogen-bond donors (Lipinski definition) is 1. The molecular weight excluding hydrogens is 218 g/mol. The van der Waals surface area contributed by atoms with Crippen LogP contribution in [0.5, 0.6) is 0 Å². The maximum absolute atomic E-state index is 5.86. The Morgan fingerprint density at radius 2 is 2.18 bits per heavy atom. The van der Waals surface area contributed by atoms with Crippen molar-refractivity contribution in [1.29, 1.82) is 0 Å². The van der Waals surface area contributed by atoms with E-state index < -0.39 is 0 Å². The molecule has 2 aromatic rings. The molecule has 3 rings (SSSR count). The number of para-hydroxylation sites is 1.